The van der Waals surface area contributed by atoms with Crippen LogP contribution in [0.3, 0.4) is 0 Å². The van der Waals surface area contributed by atoms with Gasteiger partial charge in [0.05, 0.1) is 5.56 Å². The molecule has 0 aliphatic carbocycles. The van der Waals surface area contributed by atoms with E-state index in [4.69, 9.17) is 10.3 Å². The van der Waals surface area contributed by atoms with E-state index < -0.39 is 0 Å². The number of nitrogens with two attached hydrogens (primary N) is 1. The monoisotopic (exact) mass is 310 g/mol. The SMILES string of the molecule is CCNC(=O)c1noc(-c2cc(Br)ccc2N)n1. The average Bonchev–Trinajstić information content (AvgIpc) is 2.82. The first-order valence-electron chi connectivity index (χ1n) is 5.29. The number of nitrogens with zero attached hydrogens (tertiary/aromatic N) is 2. The number of benzene rings is 1. The first-order valence-corrected chi connectivity index (χ1v) is 6.08. The molecule has 7 heteroatoms. The quantitative estimate of drug-likeness (QED) is 0.843. The molecule has 1 amide bonds. The van der Waals surface area contributed by atoms with Gasteiger partial charge in [-0.15, -0.1) is 0 Å². The lowest BCUT2D eigenvalue weighted by Gasteiger charge is -2.00. The summed E-state index contributed by atoms with van der Waals surface area (Å²) in [6, 6.07) is 5.28. The molecule has 1 aromatic carbocycles. The van der Waals surface area contributed by atoms with Gasteiger partial charge in [-0.2, -0.15) is 4.98 Å². The van der Waals surface area contributed by atoms with Gasteiger partial charge >= 0.3 is 0 Å². The Morgan fingerprint density at radius 1 is 1.56 bits per heavy atom. The van der Waals surface area contributed by atoms with Crippen LogP contribution >= 0.6 is 15.9 Å². The Morgan fingerprint density at radius 3 is 3.06 bits per heavy atom. The van der Waals surface area contributed by atoms with Gasteiger partial charge < -0.3 is 15.6 Å². The highest BCUT2D eigenvalue weighted by atomic mass is 79.9. The topological polar surface area (TPSA) is 94.0 Å². The molecule has 0 unspecified atom stereocenters. The predicted molar refractivity (Wildman–Crippen MR) is 69.9 cm³/mol. The Hall–Kier alpha value is -1.89. The van der Waals surface area contributed by atoms with Gasteiger partial charge in [0, 0.05) is 16.7 Å². The van der Waals surface area contributed by atoms with E-state index in [1.807, 2.05) is 6.92 Å². The molecule has 1 heterocycles. The Morgan fingerprint density at radius 2 is 2.33 bits per heavy atom. The number of anilines is 1. The Balaban J connectivity index is 2.35. The standard InChI is InChI=1S/C11H11BrN4O2/c1-2-14-10(17)9-15-11(18-16-9)7-5-6(12)3-4-8(7)13/h3-5H,2,13H2,1H3,(H,14,17). The second-order valence-corrected chi connectivity index (χ2v) is 4.43. The molecule has 0 spiro atoms. The Labute approximate surface area is 112 Å². The third-order valence-corrected chi connectivity index (χ3v) is 2.71. The highest BCUT2D eigenvalue weighted by molar-refractivity contribution is 9.10. The van der Waals surface area contributed by atoms with E-state index in [1.165, 1.54) is 0 Å². The van der Waals surface area contributed by atoms with Crippen LogP contribution in [0, 0.1) is 0 Å². The molecule has 2 aromatic rings. The van der Waals surface area contributed by atoms with Crippen molar-refractivity contribution >= 4 is 27.5 Å². The third-order valence-electron chi connectivity index (χ3n) is 2.21. The molecule has 1 aromatic heterocycles. The lowest BCUT2D eigenvalue weighted by atomic mass is 10.2. The van der Waals surface area contributed by atoms with Gasteiger partial charge in [-0.25, -0.2) is 0 Å². The molecule has 0 saturated carbocycles. The summed E-state index contributed by atoms with van der Waals surface area (Å²) in [5, 5.41) is 6.20. The number of nitrogens with one attached hydrogen (secondary N) is 1. The molecular formula is C11H11BrN4O2. The minimum absolute atomic E-state index is 0.00812. The number of carbonyl (C=O) groups is 1. The second-order valence-electron chi connectivity index (χ2n) is 3.51. The highest BCUT2D eigenvalue weighted by Gasteiger charge is 2.16. The summed E-state index contributed by atoms with van der Waals surface area (Å²) in [7, 11) is 0. The van der Waals surface area contributed by atoms with Crippen LogP contribution in [0.5, 0.6) is 0 Å². The molecule has 0 aliphatic heterocycles. The zero-order valence-corrected chi connectivity index (χ0v) is 11.2. The summed E-state index contributed by atoms with van der Waals surface area (Å²) in [5.74, 6) is -0.164. The molecule has 2 rings (SSSR count). The molecule has 18 heavy (non-hydrogen) atoms. The highest BCUT2D eigenvalue weighted by Crippen LogP contribution is 2.27. The summed E-state index contributed by atoms with van der Waals surface area (Å²) in [5.41, 5.74) is 6.91. The molecule has 0 fully saturated rings. The number of aromatic nitrogens is 2. The fourth-order valence-corrected chi connectivity index (χ4v) is 1.74. The molecule has 0 bridgehead atoms. The van der Waals surface area contributed by atoms with Crippen molar-refractivity contribution in [3.8, 4) is 11.5 Å². The van der Waals surface area contributed by atoms with Crippen molar-refractivity contribution in [3.05, 3.63) is 28.5 Å². The number of hydrogen-bond donors (Lipinski definition) is 2. The summed E-state index contributed by atoms with van der Waals surface area (Å²) >= 11 is 3.33. The molecule has 94 valence electrons. The second kappa shape index (κ2) is 5.18. The van der Waals surface area contributed by atoms with Gasteiger partial charge in [0.15, 0.2) is 0 Å². The zero-order chi connectivity index (χ0) is 13.1. The smallest absolute Gasteiger partial charge is 0.292 e. The van der Waals surface area contributed by atoms with Crippen molar-refractivity contribution in [2.24, 2.45) is 0 Å². The van der Waals surface area contributed by atoms with Crippen LogP contribution in [0.25, 0.3) is 11.5 Å². The zero-order valence-electron chi connectivity index (χ0n) is 9.61. The van der Waals surface area contributed by atoms with E-state index >= 15 is 0 Å². The van der Waals surface area contributed by atoms with Crippen molar-refractivity contribution < 1.29 is 9.32 Å². The van der Waals surface area contributed by atoms with Crippen LogP contribution in [-0.4, -0.2) is 22.6 Å². The van der Waals surface area contributed by atoms with Gasteiger partial charge in [0.1, 0.15) is 0 Å². The number of halogens is 1. The van der Waals surface area contributed by atoms with Crippen molar-refractivity contribution in [1.29, 1.82) is 0 Å². The van der Waals surface area contributed by atoms with Crippen LogP contribution in [0.15, 0.2) is 27.2 Å². The number of amides is 1. The first kappa shape index (κ1) is 12.6. The summed E-state index contributed by atoms with van der Waals surface area (Å²) in [6.45, 7) is 2.31. The first-order chi connectivity index (χ1) is 8.61. The Kier molecular flexibility index (Phi) is 3.61. The van der Waals surface area contributed by atoms with Gasteiger partial charge in [-0.1, -0.05) is 21.1 Å². The van der Waals surface area contributed by atoms with Crippen LogP contribution < -0.4 is 11.1 Å². The average molecular weight is 311 g/mol. The number of carbonyl (C=O) groups excluding carboxylic acids is 1. The van der Waals surface area contributed by atoms with Gasteiger partial charge in [0.2, 0.25) is 0 Å². The molecule has 0 atom stereocenters. The van der Waals surface area contributed by atoms with Gasteiger partial charge in [-0.05, 0) is 25.1 Å². The summed E-state index contributed by atoms with van der Waals surface area (Å²) in [4.78, 5) is 15.5. The number of hydrogen-bond acceptors (Lipinski definition) is 5. The summed E-state index contributed by atoms with van der Waals surface area (Å²) in [6.07, 6.45) is 0. The largest absolute Gasteiger partial charge is 0.398 e. The molecular weight excluding hydrogens is 300 g/mol. The molecule has 0 aliphatic rings. The van der Waals surface area contributed by atoms with Crippen LogP contribution in [-0.2, 0) is 0 Å². The van der Waals surface area contributed by atoms with Crippen LogP contribution in [0.2, 0.25) is 0 Å². The number of nitrogen functional groups attached to an aromatic ring is 1. The maximum Gasteiger partial charge on any atom is 0.292 e. The number of rotatable bonds is 3. The fraction of sp³-hybridized carbons (Fsp3) is 0.182. The third kappa shape index (κ3) is 2.51. The van der Waals surface area contributed by atoms with Crippen molar-refractivity contribution in [3.63, 3.8) is 0 Å². The molecule has 0 radical (unpaired) electrons. The fourth-order valence-electron chi connectivity index (χ4n) is 1.38. The van der Waals surface area contributed by atoms with Crippen LogP contribution in [0.4, 0.5) is 5.69 Å². The molecule has 3 N–H and O–H groups in total. The Bertz CT molecular complexity index is 582. The lowest BCUT2D eigenvalue weighted by Crippen LogP contribution is -2.23. The predicted octanol–water partition coefficient (Wildman–Crippen LogP) is 1.83. The van der Waals surface area contributed by atoms with Gasteiger partial charge in [0.25, 0.3) is 17.6 Å². The minimum atomic E-state index is -0.374. The van der Waals surface area contributed by atoms with Gasteiger partial charge in [-0.3, -0.25) is 4.79 Å². The van der Waals surface area contributed by atoms with E-state index in [-0.39, 0.29) is 17.6 Å². The van der Waals surface area contributed by atoms with Crippen molar-refractivity contribution in [2.75, 3.05) is 12.3 Å². The normalized spacial score (nSPS) is 10.3. The molecule has 0 saturated heterocycles. The minimum Gasteiger partial charge on any atom is -0.398 e. The van der Waals surface area contributed by atoms with E-state index in [9.17, 15) is 4.79 Å². The van der Waals surface area contributed by atoms with E-state index in [1.54, 1.807) is 18.2 Å². The molecule has 6 nitrogen and oxygen atoms in total. The van der Waals surface area contributed by atoms with Crippen molar-refractivity contribution in [1.82, 2.24) is 15.5 Å². The van der Waals surface area contributed by atoms with E-state index in [0.29, 0.717) is 17.8 Å². The van der Waals surface area contributed by atoms with Crippen molar-refractivity contribution in [2.45, 2.75) is 6.92 Å². The van der Waals surface area contributed by atoms with E-state index in [2.05, 4.69) is 31.4 Å². The van der Waals surface area contributed by atoms with E-state index in [0.717, 1.165) is 4.47 Å². The maximum absolute atomic E-state index is 11.5. The maximum atomic E-state index is 11.5. The summed E-state index contributed by atoms with van der Waals surface area (Å²) < 4.78 is 5.87. The van der Waals surface area contributed by atoms with Crippen LogP contribution in [0.1, 0.15) is 17.5 Å². The lowest BCUT2D eigenvalue weighted by molar-refractivity contribution is 0.0942.